The molecule has 2 saturated heterocycles. The Morgan fingerprint density at radius 2 is 1.84 bits per heavy atom. The van der Waals surface area contributed by atoms with Gasteiger partial charge >= 0.3 is 0 Å². The summed E-state index contributed by atoms with van der Waals surface area (Å²) in [4.78, 5) is 53.0. The number of fused-ring (bicyclic) bond motifs is 4. The van der Waals surface area contributed by atoms with Crippen molar-refractivity contribution < 1.29 is 23.6 Å². The number of hydrogen-bond donors (Lipinski definition) is 3. The van der Waals surface area contributed by atoms with E-state index in [1.54, 1.807) is 18.2 Å². The number of carbonyl (C=O) groups excluding carboxylic acids is 4. The molecule has 8 nitrogen and oxygen atoms in total. The van der Waals surface area contributed by atoms with Crippen LogP contribution in [0.4, 0.5) is 10.1 Å². The number of imide groups is 1. The van der Waals surface area contributed by atoms with Crippen molar-refractivity contribution in [2.24, 2.45) is 17.6 Å². The highest BCUT2D eigenvalue weighted by Crippen LogP contribution is 2.54. The fourth-order valence-electron chi connectivity index (χ4n) is 5.17. The van der Waals surface area contributed by atoms with Gasteiger partial charge in [0.2, 0.25) is 23.6 Å². The van der Waals surface area contributed by atoms with Gasteiger partial charge in [-0.2, -0.15) is 0 Å². The van der Waals surface area contributed by atoms with Gasteiger partial charge in [-0.05, 0) is 23.8 Å². The third-order valence-corrected chi connectivity index (χ3v) is 6.78. The third-order valence-electron chi connectivity index (χ3n) is 6.47. The first kappa shape index (κ1) is 20.6. The topological polar surface area (TPSA) is 122 Å². The fraction of sp³-hybridized carbons (Fsp3) is 0.273. The van der Waals surface area contributed by atoms with Gasteiger partial charge in [0.15, 0.2) is 0 Å². The Labute approximate surface area is 186 Å². The molecule has 4 N–H and O–H groups in total. The van der Waals surface area contributed by atoms with Crippen LogP contribution < -0.4 is 16.4 Å². The van der Waals surface area contributed by atoms with Gasteiger partial charge in [0.1, 0.15) is 11.4 Å². The number of para-hydroxylation sites is 1. The first-order valence-corrected chi connectivity index (χ1v) is 10.4. The summed E-state index contributed by atoms with van der Waals surface area (Å²) >= 11 is 6.26. The molecule has 2 aromatic carbocycles. The average molecular weight is 457 g/mol. The molecule has 3 heterocycles. The highest BCUT2D eigenvalue weighted by atomic mass is 35.5. The number of carbonyl (C=O) groups is 4. The largest absolute Gasteiger partial charge is 0.370 e. The highest BCUT2D eigenvalue weighted by Gasteiger charge is 2.70. The average Bonchev–Trinajstić information content (AvgIpc) is 3.31. The van der Waals surface area contributed by atoms with Crippen molar-refractivity contribution in [3.8, 4) is 0 Å². The number of primary amides is 1. The van der Waals surface area contributed by atoms with Crippen molar-refractivity contribution in [1.82, 2.24) is 10.2 Å². The molecule has 0 bridgehead atoms. The minimum absolute atomic E-state index is 0.0751. The lowest BCUT2D eigenvalue weighted by molar-refractivity contribution is -0.143. The van der Waals surface area contributed by atoms with Crippen molar-refractivity contribution in [2.45, 2.75) is 24.5 Å². The van der Waals surface area contributed by atoms with E-state index in [4.69, 9.17) is 17.3 Å². The summed E-state index contributed by atoms with van der Waals surface area (Å²) in [6.07, 6.45) is -0.227. The lowest BCUT2D eigenvalue weighted by Gasteiger charge is -2.29. The predicted octanol–water partition coefficient (Wildman–Crippen LogP) is 1.28. The zero-order valence-corrected chi connectivity index (χ0v) is 17.4. The van der Waals surface area contributed by atoms with E-state index in [-0.39, 0.29) is 13.0 Å². The normalized spacial score (nSPS) is 28.2. The number of benzene rings is 2. The van der Waals surface area contributed by atoms with Crippen LogP contribution in [0.25, 0.3) is 0 Å². The molecule has 5 rings (SSSR count). The van der Waals surface area contributed by atoms with E-state index in [0.717, 1.165) is 4.90 Å². The van der Waals surface area contributed by atoms with Gasteiger partial charge in [-0.15, -0.1) is 0 Å². The molecule has 3 aliphatic rings. The molecule has 0 aliphatic carbocycles. The summed E-state index contributed by atoms with van der Waals surface area (Å²) in [5, 5.41) is 6.11. The number of rotatable bonds is 4. The van der Waals surface area contributed by atoms with Crippen LogP contribution in [-0.2, 0) is 31.3 Å². The SMILES string of the molecule is NC(=O)CC1NC2(C(=O)Nc3c(Cl)cccc32)[C@@H]2C(=O)N(Cc3ccc(F)cc3)C(=O)[C@H]12. The van der Waals surface area contributed by atoms with E-state index in [1.807, 2.05) is 0 Å². The zero-order chi connectivity index (χ0) is 22.8. The summed E-state index contributed by atoms with van der Waals surface area (Å²) in [5.41, 5.74) is 5.21. The predicted molar refractivity (Wildman–Crippen MR) is 111 cm³/mol. The summed E-state index contributed by atoms with van der Waals surface area (Å²) in [7, 11) is 0. The van der Waals surface area contributed by atoms with Gasteiger partial charge in [0.05, 0.1) is 29.1 Å². The Kier molecular flexibility index (Phi) is 4.58. The standard InChI is InChI=1S/C22H18ClFN4O4/c23-13-3-1-2-12-18(13)26-21(32)22(12)17-16(14(27-22)8-15(25)29)19(30)28(20(17)31)9-10-4-6-11(24)7-5-10/h1-7,14,16-17,27H,8-9H2,(H2,25,29)(H,26,32)/t14?,16-,17+,22?/m1/s1. The minimum atomic E-state index is -1.56. The number of nitrogens with two attached hydrogens (primary N) is 1. The monoisotopic (exact) mass is 456 g/mol. The Morgan fingerprint density at radius 3 is 2.53 bits per heavy atom. The lowest BCUT2D eigenvalue weighted by Crippen LogP contribution is -2.53. The van der Waals surface area contributed by atoms with Crippen LogP contribution in [0.1, 0.15) is 17.5 Å². The van der Waals surface area contributed by atoms with Gasteiger partial charge in [0, 0.05) is 18.0 Å². The van der Waals surface area contributed by atoms with Crippen molar-refractivity contribution >= 4 is 40.9 Å². The maximum absolute atomic E-state index is 13.6. The molecular formula is C22H18ClFN4O4. The van der Waals surface area contributed by atoms with Crippen LogP contribution in [0.15, 0.2) is 42.5 Å². The molecule has 4 amide bonds. The van der Waals surface area contributed by atoms with E-state index in [1.165, 1.54) is 24.3 Å². The summed E-state index contributed by atoms with van der Waals surface area (Å²) in [6, 6.07) is 9.55. The Morgan fingerprint density at radius 1 is 1.12 bits per heavy atom. The van der Waals surface area contributed by atoms with Gasteiger partial charge in [0.25, 0.3) is 0 Å². The molecule has 0 aromatic heterocycles. The molecule has 2 aromatic rings. The number of likely N-dealkylation sites (tertiary alicyclic amines) is 1. The quantitative estimate of drug-likeness (QED) is 0.598. The van der Waals surface area contributed by atoms with E-state index in [0.29, 0.717) is 21.8 Å². The summed E-state index contributed by atoms with van der Waals surface area (Å²) in [6.45, 7) is -0.0751. The van der Waals surface area contributed by atoms with Crippen molar-refractivity contribution in [3.63, 3.8) is 0 Å². The zero-order valence-electron chi connectivity index (χ0n) is 16.6. The molecule has 32 heavy (non-hydrogen) atoms. The molecule has 1 spiro atoms. The molecule has 2 fully saturated rings. The van der Waals surface area contributed by atoms with Crippen LogP contribution in [0.2, 0.25) is 5.02 Å². The first-order chi connectivity index (χ1) is 15.2. The maximum Gasteiger partial charge on any atom is 0.250 e. The van der Waals surface area contributed by atoms with E-state index in [2.05, 4.69) is 10.6 Å². The number of nitrogens with one attached hydrogen (secondary N) is 2. The molecule has 3 aliphatic heterocycles. The van der Waals surface area contributed by atoms with Crippen LogP contribution in [0.5, 0.6) is 0 Å². The Bertz CT molecular complexity index is 1190. The van der Waals surface area contributed by atoms with E-state index < -0.39 is 52.9 Å². The Hall–Kier alpha value is -3.30. The highest BCUT2D eigenvalue weighted by molar-refractivity contribution is 6.35. The second-order valence-electron chi connectivity index (χ2n) is 8.24. The first-order valence-electron chi connectivity index (χ1n) is 10.00. The smallest absolute Gasteiger partial charge is 0.250 e. The minimum Gasteiger partial charge on any atom is -0.370 e. The summed E-state index contributed by atoms with van der Waals surface area (Å²) < 4.78 is 13.3. The van der Waals surface area contributed by atoms with Crippen LogP contribution >= 0.6 is 11.6 Å². The number of nitrogens with zero attached hydrogens (tertiary/aromatic N) is 1. The molecule has 10 heteroatoms. The second-order valence-corrected chi connectivity index (χ2v) is 8.65. The lowest BCUT2D eigenvalue weighted by atomic mass is 9.76. The van der Waals surface area contributed by atoms with Crippen molar-refractivity contribution in [3.05, 3.63) is 64.4 Å². The molecule has 0 radical (unpaired) electrons. The van der Waals surface area contributed by atoms with E-state index >= 15 is 0 Å². The van der Waals surface area contributed by atoms with Crippen LogP contribution in [-0.4, -0.2) is 34.6 Å². The molecule has 164 valence electrons. The van der Waals surface area contributed by atoms with Crippen molar-refractivity contribution in [2.75, 3.05) is 5.32 Å². The van der Waals surface area contributed by atoms with Crippen LogP contribution in [0, 0.1) is 17.7 Å². The second kappa shape index (κ2) is 7.11. The van der Waals surface area contributed by atoms with Crippen molar-refractivity contribution in [1.29, 1.82) is 0 Å². The van der Waals surface area contributed by atoms with E-state index in [9.17, 15) is 23.6 Å². The molecule has 0 saturated carbocycles. The molecular weight excluding hydrogens is 439 g/mol. The third kappa shape index (κ3) is 2.78. The number of hydrogen-bond acceptors (Lipinski definition) is 5. The van der Waals surface area contributed by atoms with Gasteiger partial charge in [-0.25, -0.2) is 4.39 Å². The number of halogens is 2. The van der Waals surface area contributed by atoms with Gasteiger partial charge in [-0.3, -0.25) is 29.4 Å². The number of amides is 4. The van der Waals surface area contributed by atoms with Crippen LogP contribution in [0.3, 0.4) is 0 Å². The fourth-order valence-corrected chi connectivity index (χ4v) is 5.39. The number of anilines is 1. The van der Waals surface area contributed by atoms with Gasteiger partial charge < -0.3 is 11.1 Å². The van der Waals surface area contributed by atoms with Gasteiger partial charge in [-0.1, -0.05) is 35.9 Å². The molecule has 4 atom stereocenters. The maximum atomic E-state index is 13.6. The Balaban J connectivity index is 1.60. The summed E-state index contributed by atoms with van der Waals surface area (Å²) in [5.74, 6) is -4.74. The molecule has 2 unspecified atom stereocenters.